The zero-order valence-electron chi connectivity index (χ0n) is 15.8. The number of hydrogen-bond donors (Lipinski definition) is 3. The molecule has 1 aromatic rings. The quantitative estimate of drug-likeness (QED) is 0.514. The van der Waals surface area contributed by atoms with Crippen molar-refractivity contribution in [3.63, 3.8) is 0 Å². The Kier molecular flexibility index (Phi) is 8.45. The molecule has 0 saturated carbocycles. The van der Waals surface area contributed by atoms with Crippen molar-refractivity contribution in [1.82, 2.24) is 10.0 Å². The molecule has 0 aliphatic rings. The second kappa shape index (κ2) is 10.1. The molecule has 9 heteroatoms. The van der Waals surface area contributed by atoms with Crippen LogP contribution in [0.25, 0.3) is 0 Å². The number of carboxylic acids is 1. The molecule has 0 saturated heterocycles. The lowest BCUT2D eigenvalue weighted by Crippen LogP contribution is -2.53. The molecular weight excluding hydrogens is 372 g/mol. The number of rotatable bonds is 10. The first kappa shape index (κ1) is 22.7. The molecule has 2 atom stereocenters. The predicted octanol–water partition coefficient (Wildman–Crippen LogP) is 1.53. The van der Waals surface area contributed by atoms with Crippen LogP contribution in [0.15, 0.2) is 41.3 Å². The summed E-state index contributed by atoms with van der Waals surface area (Å²) < 4.78 is 32.5. The fraction of sp³-hybridized carbons (Fsp3) is 0.444. The van der Waals surface area contributed by atoms with E-state index in [0.717, 1.165) is 0 Å². The van der Waals surface area contributed by atoms with E-state index in [9.17, 15) is 23.1 Å². The Labute approximate surface area is 159 Å². The number of amides is 1. The van der Waals surface area contributed by atoms with Gasteiger partial charge in [0.05, 0.1) is 12.0 Å². The summed E-state index contributed by atoms with van der Waals surface area (Å²) >= 11 is 0. The molecule has 1 aromatic carbocycles. The van der Waals surface area contributed by atoms with Gasteiger partial charge in [0.15, 0.2) is 0 Å². The molecule has 0 spiro atoms. The van der Waals surface area contributed by atoms with Gasteiger partial charge in [-0.25, -0.2) is 13.2 Å². The van der Waals surface area contributed by atoms with E-state index in [1.807, 2.05) is 0 Å². The van der Waals surface area contributed by atoms with Gasteiger partial charge in [0.1, 0.15) is 17.8 Å². The van der Waals surface area contributed by atoms with Crippen molar-refractivity contribution >= 4 is 21.9 Å². The second-order valence-electron chi connectivity index (χ2n) is 6.22. The predicted molar refractivity (Wildman–Crippen MR) is 101 cm³/mol. The maximum Gasteiger partial charge on any atom is 0.326 e. The first-order chi connectivity index (χ1) is 12.6. The Morgan fingerprint density at radius 3 is 2.26 bits per heavy atom. The maximum absolute atomic E-state index is 12.6. The van der Waals surface area contributed by atoms with Gasteiger partial charge in [0.25, 0.3) is 0 Å². The fourth-order valence-corrected chi connectivity index (χ4v) is 3.58. The van der Waals surface area contributed by atoms with Crippen molar-refractivity contribution in [2.45, 2.75) is 44.2 Å². The lowest BCUT2D eigenvalue weighted by molar-refractivity contribution is -0.142. The van der Waals surface area contributed by atoms with Crippen LogP contribution in [0.5, 0.6) is 5.75 Å². The molecule has 1 rings (SSSR count). The molecule has 8 nitrogen and oxygen atoms in total. The standard InChI is InChI=1S/C18H26N2O6S/c1-5-6-7-15(18(22)23)19-17(21)16(12(2)3)20-27(24,25)14-10-8-13(26-4)9-11-14/h5-6,8-12,15-16,20H,7H2,1-4H3,(H,19,21)(H,22,23)/b6-5+. The molecular formula is C18H26N2O6S. The normalized spacial score (nSPS) is 14.1. The molecule has 0 aromatic heterocycles. The third-order valence-electron chi connectivity index (χ3n) is 3.82. The van der Waals surface area contributed by atoms with Crippen LogP contribution in [0.1, 0.15) is 27.2 Å². The van der Waals surface area contributed by atoms with Crippen LogP contribution in [0.2, 0.25) is 0 Å². The molecule has 150 valence electrons. The fourth-order valence-electron chi connectivity index (χ4n) is 2.24. The molecule has 2 unspecified atom stereocenters. The molecule has 0 radical (unpaired) electrons. The van der Waals surface area contributed by atoms with E-state index in [2.05, 4.69) is 10.0 Å². The Balaban J connectivity index is 2.99. The number of carbonyl (C=O) groups is 2. The minimum Gasteiger partial charge on any atom is -0.497 e. The van der Waals surface area contributed by atoms with Crippen LogP contribution >= 0.6 is 0 Å². The first-order valence-electron chi connectivity index (χ1n) is 8.43. The summed E-state index contributed by atoms with van der Waals surface area (Å²) in [4.78, 5) is 23.8. The molecule has 27 heavy (non-hydrogen) atoms. The summed E-state index contributed by atoms with van der Waals surface area (Å²) in [5.41, 5.74) is 0. The Hall–Kier alpha value is -2.39. The van der Waals surface area contributed by atoms with E-state index < -0.39 is 39.9 Å². The summed E-state index contributed by atoms with van der Waals surface area (Å²) in [6.45, 7) is 5.08. The van der Waals surface area contributed by atoms with Crippen molar-refractivity contribution in [1.29, 1.82) is 0 Å². The molecule has 0 aliphatic heterocycles. The van der Waals surface area contributed by atoms with E-state index in [0.29, 0.717) is 5.75 Å². The van der Waals surface area contributed by atoms with Crippen LogP contribution < -0.4 is 14.8 Å². The van der Waals surface area contributed by atoms with E-state index in [4.69, 9.17) is 4.74 Å². The molecule has 0 aliphatic carbocycles. The third-order valence-corrected chi connectivity index (χ3v) is 5.28. The Morgan fingerprint density at radius 2 is 1.81 bits per heavy atom. The van der Waals surface area contributed by atoms with Crippen LogP contribution in [-0.2, 0) is 19.6 Å². The second-order valence-corrected chi connectivity index (χ2v) is 7.94. The van der Waals surface area contributed by atoms with Gasteiger partial charge in [-0.2, -0.15) is 4.72 Å². The van der Waals surface area contributed by atoms with Gasteiger partial charge >= 0.3 is 5.97 Å². The van der Waals surface area contributed by atoms with Crippen LogP contribution in [0, 0.1) is 5.92 Å². The molecule has 0 bridgehead atoms. The number of methoxy groups -OCH3 is 1. The van der Waals surface area contributed by atoms with Crippen LogP contribution in [0.4, 0.5) is 0 Å². The minimum absolute atomic E-state index is 0.0227. The topological polar surface area (TPSA) is 122 Å². The van der Waals surface area contributed by atoms with Crippen molar-refractivity contribution in [2.75, 3.05) is 7.11 Å². The zero-order chi connectivity index (χ0) is 20.6. The average Bonchev–Trinajstić information content (AvgIpc) is 2.62. The Morgan fingerprint density at radius 1 is 1.22 bits per heavy atom. The molecule has 1 amide bonds. The number of carbonyl (C=O) groups excluding carboxylic acids is 1. The van der Waals surface area contributed by atoms with Crippen molar-refractivity contribution in [2.24, 2.45) is 5.92 Å². The highest BCUT2D eigenvalue weighted by Gasteiger charge is 2.31. The van der Waals surface area contributed by atoms with Gasteiger partial charge in [-0.1, -0.05) is 26.0 Å². The number of ether oxygens (including phenoxy) is 1. The number of sulfonamides is 1. The third kappa shape index (κ3) is 6.69. The smallest absolute Gasteiger partial charge is 0.326 e. The van der Waals surface area contributed by atoms with Crippen LogP contribution in [-0.4, -0.2) is 44.6 Å². The van der Waals surface area contributed by atoms with Crippen molar-refractivity contribution in [3.8, 4) is 5.75 Å². The van der Waals surface area contributed by atoms with Gasteiger partial charge in [-0.05, 0) is 43.5 Å². The first-order valence-corrected chi connectivity index (χ1v) is 9.91. The van der Waals surface area contributed by atoms with Gasteiger partial charge < -0.3 is 15.2 Å². The zero-order valence-corrected chi connectivity index (χ0v) is 16.6. The summed E-state index contributed by atoms with van der Waals surface area (Å²) in [5.74, 6) is -1.78. The largest absolute Gasteiger partial charge is 0.497 e. The van der Waals surface area contributed by atoms with Gasteiger partial charge in [0.2, 0.25) is 15.9 Å². The van der Waals surface area contributed by atoms with Gasteiger partial charge in [-0.15, -0.1) is 0 Å². The van der Waals surface area contributed by atoms with Crippen molar-refractivity contribution in [3.05, 3.63) is 36.4 Å². The molecule has 0 heterocycles. The highest BCUT2D eigenvalue weighted by molar-refractivity contribution is 7.89. The number of hydrogen-bond acceptors (Lipinski definition) is 5. The summed E-state index contributed by atoms with van der Waals surface area (Å²) in [7, 11) is -2.51. The summed E-state index contributed by atoms with van der Waals surface area (Å²) in [5, 5.41) is 11.6. The number of benzene rings is 1. The number of allylic oxidation sites excluding steroid dienone is 1. The number of aliphatic carboxylic acids is 1. The van der Waals surface area contributed by atoms with E-state index in [-0.39, 0.29) is 11.3 Å². The highest BCUT2D eigenvalue weighted by Crippen LogP contribution is 2.17. The SMILES string of the molecule is C/C=C/CC(NC(=O)C(NS(=O)(=O)c1ccc(OC)cc1)C(C)C)C(=O)O. The average molecular weight is 398 g/mol. The van der Waals surface area contributed by atoms with Gasteiger partial charge in [-0.3, -0.25) is 4.79 Å². The molecule has 3 N–H and O–H groups in total. The lowest BCUT2D eigenvalue weighted by atomic mass is 10.0. The minimum atomic E-state index is -3.98. The van der Waals surface area contributed by atoms with E-state index in [1.54, 1.807) is 32.9 Å². The highest BCUT2D eigenvalue weighted by atomic mass is 32.2. The van der Waals surface area contributed by atoms with E-state index in [1.165, 1.54) is 31.4 Å². The maximum atomic E-state index is 12.6. The van der Waals surface area contributed by atoms with Crippen LogP contribution in [0.3, 0.4) is 0 Å². The Bertz CT molecular complexity index is 772. The number of nitrogens with one attached hydrogen (secondary N) is 2. The summed E-state index contributed by atoms with van der Waals surface area (Å²) in [6.07, 6.45) is 3.40. The molecule has 0 fully saturated rings. The van der Waals surface area contributed by atoms with Gasteiger partial charge in [0, 0.05) is 0 Å². The monoisotopic (exact) mass is 398 g/mol. The van der Waals surface area contributed by atoms with E-state index >= 15 is 0 Å². The number of carboxylic acid groups (broad SMARTS) is 1. The lowest BCUT2D eigenvalue weighted by Gasteiger charge is -2.23. The van der Waals surface area contributed by atoms with Crippen molar-refractivity contribution < 1.29 is 27.9 Å². The summed E-state index contributed by atoms with van der Waals surface area (Å²) in [6, 6.07) is 3.46.